The van der Waals surface area contributed by atoms with Gasteiger partial charge in [-0.05, 0) is 61.2 Å². The number of aliphatic carboxylic acids is 1. The van der Waals surface area contributed by atoms with E-state index in [1.54, 1.807) is 0 Å². The largest absolute Gasteiger partial charge is 0.481 e. The van der Waals surface area contributed by atoms with Crippen molar-refractivity contribution in [3.05, 3.63) is 0 Å². The van der Waals surface area contributed by atoms with E-state index < -0.39 is 5.97 Å². The SMILES string of the molecule is C[C@H](CC[C@H]1/C(=N\O)CC[C@@H]2C(C)(C)CCC[C@]21C)CC(=O)O. The van der Waals surface area contributed by atoms with Crippen molar-refractivity contribution in [1.82, 2.24) is 0 Å². The van der Waals surface area contributed by atoms with Crippen LogP contribution < -0.4 is 0 Å². The number of carboxylic acid groups (broad SMARTS) is 1. The summed E-state index contributed by atoms with van der Waals surface area (Å²) in [5.74, 6) is 0.407. The molecule has 0 saturated heterocycles. The quantitative estimate of drug-likeness (QED) is 0.555. The Bertz CT molecular complexity index is 471. The molecule has 0 radical (unpaired) electrons. The first kappa shape index (κ1) is 18.3. The van der Waals surface area contributed by atoms with Gasteiger partial charge in [0.25, 0.3) is 0 Å². The van der Waals surface area contributed by atoms with E-state index in [0.717, 1.165) is 31.4 Å². The van der Waals surface area contributed by atoms with Crippen molar-refractivity contribution >= 4 is 11.7 Å². The van der Waals surface area contributed by atoms with E-state index in [-0.39, 0.29) is 17.8 Å². The smallest absolute Gasteiger partial charge is 0.303 e. The minimum atomic E-state index is -0.722. The number of nitrogens with zero attached hydrogens (tertiary/aromatic N) is 1. The summed E-state index contributed by atoms with van der Waals surface area (Å²) in [4.78, 5) is 10.9. The summed E-state index contributed by atoms with van der Waals surface area (Å²) in [5.41, 5.74) is 1.48. The molecule has 2 fully saturated rings. The Kier molecular flexibility index (Phi) is 5.42. The van der Waals surface area contributed by atoms with Crippen molar-refractivity contribution in [3.8, 4) is 0 Å². The fraction of sp³-hybridized carbons (Fsp3) is 0.895. The molecule has 2 saturated carbocycles. The molecule has 2 rings (SSSR count). The fourth-order valence-electron chi connectivity index (χ4n) is 5.62. The summed E-state index contributed by atoms with van der Waals surface area (Å²) in [6.07, 6.45) is 7.76. The molecule has 0 aromatic rings. The zero-order valence-corrected chi connectivity index (χ0v) is 15.1. The predicted octanol–water partition coefficient (Wildman–Crippen LogP) is 4.95. The van der Waals surface area contributed by atoms with E-state index in [9.17, 15) is 10.0 Å². The second-order valence-electron chi connectivity index (χ2n) is 8.86. The number of carbonyl (C=O) groups is 1. The highest BCUT2D eigenvalue weighted by Gasteiger charge is 2.53. The molecule has 0 aliphatic heterocycles. The van der Waals surface area contributed by atoms with Crippen molar-refractivity contribution in [2.24, 2.45) is 33.7 Å². The van der Waals surface area contributed by atoms with Gasteiger partial charge in [0.2, 0.25) is 0 Å². The Morgan fingerprint density at radius 3 is 2.65 bits per heavy atom. The van der Waals surface area contributed by atoms with E-state index in [4.69, 9.17) is 5.11 Å². The van der Waals surface area contributed by atoms with Crippen LogP contribution in [-0.2, 0) is 4.79 Å². The Morgan fingerprint density at radius 1 is 1.35 bits per heavy atom. The average Bonchev–Trinajstić information content (AvgIpc) is 2.43. The van der Waals surface area contributed by atoms with Crippen molar-refractivity contribution < 1.29 is 15.1 Å². The van der Waals surface area contributed by atoms with Crippen molar-refractivity contribution in [2.45, 2.75) is 79.1 Å². The molecule has 4 nitrogen and oxygen atoms in total. The lowest BCUT2D eigenvalue weighted by atomic mass is 9.47. The van der Waals surface area contributed by atoms with Crippen molar-refractivity contribution in [1.29, 1.82) is 0 Å². The first-order valence-corrected chi connectivity index (χ1v) is 9.13. The lowest BCUT2D eigenvalue weighted by molar-refractivity contribution is -0.138. The maximum absolute atomic E-state index is 10.9. The average molecular weight is 323 g/mol. The summed E-state index contributed by atoms with van der Waals surface area (Å²) in [5, 5.41) is 22.1. The number of hydrogen-bond donors (Lipinski definition) is 2. The number of carboxylic acids is 1. The van der Waals surface area contributed by atoms with Crippen LogP contribution in [-0.4, -0.2) is 22.0 Å². The zero-order chi connectivity index (χ0) is 17.3. The van der Waals surface area contributed by atoms with Crippen LogP contribution in [0.1, 0.15) is 79.1 Å². The lowest BCUT2D eigenvalue weighted by Crippen LogP contribution is -2.52. The first-order chi connectivity index (χ1) is 10.7. The van der Waals surface area contributed by atoms with Crippen LogP contribution >= 0.6 is 0 Å². The predicted molar refractivity (Wildman–Crippen MR) is 91.8 cm³/mol. The van der Waals surface area contributed by atoms with E-state index in [1.807, 2.05) is 6.92 Å². The van der Waals surface area contributed by atoms with Crippen LogP contribution in [0.4, 0.5) is 0 Å². The third-order valence-corrected chi connectivity index (χ3v) is 6.76. The molecule has 0 aromatic carbocycles. The van der Waals surface area contributed by atoms with Crippen molar-refractivity contribution in [3.63, 3.8) is 0 Å². The maximum atomic E-state index is 10.9. The van der Waals surface area contributed by atoms with E-state index >= 15 is 0 Å². The second-order valence-corrected chi connectivity index (χ2v) is 8.86. The van der Waals surface area contributed by atoms with Gasteiger partial charge in [0.1, 0.15) is 0 Å². The van der Waals surface area contributed by atoms with Gasteiger partial charge < -0.3 is 10.3 Å². The molecule has 23 heavy (non-hydrogen) atoms. The molecule has 0 heterocycles. The summed E-state index contributed by atoms with van der Waals surface area (Å²) in [6, 6.07) is 0. The summed E-state index contributed by atoms with van der Waals surface area (Å²) >= 11 is 0. The van der Waals surface area contributed by atoms with Gasteiger partial charge in [-0.1, -0.05) is 39.3 Å². The molecule has 0 aromatic heterocycles. The normalized spacial score (nSPS) is 36.4. The van der Waals surface area contributed by atoms with Gasteiger partial charge >= 0.3 is 5.97 Å². The molecule has 0 unspecified atom stereocenters. The van der Waals surface area contributed by atoms with Crippen LogP contribution in [0.15, 0.2) is 5.16 Å². The molecule has 0 spiro atoms. The topological polar surface area (TPSA) is 69.9 Å². The Morgan fingerprint density at radius 2 is 2.04 bits per heavy atom. The molecule has 2 aliphatic carbocycles. The number of hydrogen-bond acceptors (Lipinski definition) is 3. The highest BCUT2D eigenvalue weighted by atomic mass is 16.4. The van der Waals surface area contributed by atoms with Gasteiger partial charge in [0, 0.05) is 12.3 Å². The van der Waals surface area contributed by atoms with Gasteiger partial charge in [-0.15, -0.1) is 0 Å². The Labute approximate surface area is 140 Å². The summed E-state index contributed by atoms with van der Waals surface area (Å²) in [7, 11) is 0. The maximum Gasteiger partial charge on any atom is 0.303 e. The third kappa shape index (κ3) is 3.72. The minimum absolute atomic E-state index is 0.174. The van der Waals surface area contributed by atoms with E-state index in [2.05, 4.69) is 25.9 Å². The van der Waals surface area contributed by atoms with Crippen LogP contribution in [0.25, 0.3) is 0 Å². The molecule has 2 aliphatic rings. The highest BCUT2D eigenvalue weighted by Crippen LogP contribution is 2.60. The monoisotopic (exact) mass is 323 g/mol. The molecular formula is C19H33NO3. The zero-order valence-electron chi connectivity index (χ0n) is 15.1. The van der Waals surface area contributed by atoms with Gasteiger partial charge in [-0.2, -0.15) is 0 Å². The Hall–Kier alpha value is -1.06. The second kappa shape index (κ2) is 6.82. The van der Waals surface area contributed by atoms with E-state index in [1.165, 1.54) is 19.3 Å². The van der Waals surface area contributed by atoms with Crippen LogP contribution in [0.3, 0.4) is 0 Å². The lowest BCUT2D eigenvalue weighted by Gasteiger charge is -2.57. The van der Waals surface area contributed by atoms with Gasteiger partial charge in [-0.25, -0.2) is 0 Å². The molecule has 132 valence electrons. The van der Waals surface area contributed by atoms with Gasteiger partial charge in [0.05, 0.1) is 5.71 Å². The minimum Gasteiger partial charge on any atom is -0.481 e. The van der Waals surface area contributed by atoms with Crippen LogP contribution in [0, 0.1) is 28.6 Å². The summed E-state index contributed by atoms with van der Waals surface area (Å²) in [6.45, 7) is 9.17. The fourth-order valence-corrected chi connectivity index (χ4v) is 5.62. The highest BCUT2D eigenvalue weighted by molar-refractivity contribution is 5.88. The van der Waals surface area contributed by atoms with Gasteiger partial charge in [-0.3, -0.25) is 4.79 Å². The van der Waals surface area contributed by atoms with Crippen LogP contribution in [0.5, 0.6) is 0 Å². The third-order valence-electron chi connectivity index (χ3n) is 6.76. The standard InChI is InChI=1S/C19H33NO3/c1-13(12-17(21)22)6-7-14-15(20-23)8-9-16-18(2,3)10-5-11-19(14,16)4/h13-14,16,23H,5-12H2,1-4H3,(H,21,22)/b20-15-/t13-,14+,16-,19+/m1/s1. The van der Waals surface area contributed by atoms with E-state index in [0.29, 0.717) is 17.3 Å². The number of fused-ring (bicyclic) bond motifs is 1. The number of oxime groups is 1. The molecule has 4 atom stereocenters. The summed E-state index contributed by atoms with van der Waals surface area (Å²) < 4.78 is 0. The number of rotatable bonds is 5. The molecular weight excluding hydrogens is 290 g/mol. The first-order valence-electron chi connectivity index (χ1n) is 9.13. The Balaban J connectivity index is 2.17. The molecule has 2 N–H and O–H groups in total. The van der Waals surface area contributed by atoms with Gasteiger partial charge in [0.15, 0.2) is 0 Å². The molecule has 0 bridgehead atoms. The molecule has 0 amide bonds. The van der Waals surface area contributed by atoms with Crippen molar-refractivity contribution in [2.75, 3.05) is 0 Å². The van der Waals surface area contributed by atoms with Crippen LogP contribution in [0.2, 0.25) is 0 Å². The molecule has 4 heteroatoms.